The summed E-state index contributed by atoms with van der Waals surface area (Å²) in [4.78, 5) is 24.4. The third-order valence-corrected chi connectivity index (χ3v) is 7.11. The van der Waals surface area contributed by atoms with Crippen molar-refractivity contribution in [2.45, 2.75) is 11.8 Å². The molecule has 0 aliphatic carbocycles. The van der Waals surface area contributed by atoms with Crippen molar-refractivity contribution in [1.82, 2.24) is 0 Å². The van der Waals surface area contributed by atoms with Crippen molar-refractivity contribution >= 4 is 38.9 Å². The van der Waals surface area contributed by atoms with Crippen LogP contribution in [-0.2, 0) is 19.6 Å². The first-order valence-corrected chi connectivity index (χ1v) is 12.7. The van der Waals surface area contributed by atoms with E-state index in [0.29, 0.717) is 22.9 Å². The first kappa shape index (κ1) is 28.1. The fourth-order valence-corrected chi connectivity index (χ4v) is 5.04. The van der Waals surface area contributed by atoms with Gasteiger partial charge in [-0.05, 0) is 42.5 Å². The molecule has 0 unspecified atom stereocenters. The predicted octanol–water partition coefficient (Wildman–Crippen LogP) is 3.51. The van der Waals surface area contributed by atoms with E-state index in [9.17, 15) is 18.0 Å². The second-order valence-corrected chi connectivity index (χ2v) is 9.74. The fourth-order valence-electron chi connectivity index (χ4n) is 3.60. The van der Waals surface area contributed by atoms with Crippen molar-refractivity contribution in [2.75, 3.05) is 49.9 Å². The van der Waals surface area contributed by atoms with E-state index in [4.69, 9.17) is 18.9 Å². The maximum Gasteiger partial charge on any atom is 0.265 e. The van der Waals surface area contributed by atoms with E-state index in [1.54, 1.807) is 36.4 Å². The number of carbonyl (C=O) groups is 2. The van der Waals surface area contributed by atoms with E-state index in [1.807, 2.05) is 0 Å². The molecule has 38 heavy (non-hydrogen) atoms. The third-order valence-electron chi connectivity index (χ3n) is 5.35. The molecule has 12 heteroatoms. The fraction of sp³-hybridized carbons (Fsp3) is 0.231. The molecule has 2 N–H and O–H groups in total. The number of hydrogen-bond acceptors (Lipinski definition) is 8. The van der Waals surface area contributed by atoms with Crippen LogP contribution in [0.2, 0.25) is 0 Å². The van der Waals surface area contributed by atoms with Crippen molar-refractivity contribution in [3.05, 3.63) is 60.7 Å². The molecule has 0 saturated heterocycles. The van der Waals surface area contributed by atoms with Crippen LogP contribution in [0.3, 0.4) is 0 Å². The van der Waals surface area contributed by atoms with Gasteiger partial charge < -0.3 is 29.6 Å². The van der Waals surface area contributed by atoms with Gasteiger partial charge in [-0.2, -0.15) is 0 Å². The SMILES string of the molecule is COc1ccc(OC)c(N(CC(=O)Nc2cccc(NC(C)=O)c2)S(=O)(=O)c2ccc(OC)c(OC)c2)c1. The molecule has 0 saturated carbocycles. The summed E-state index contributed by atoms with van der Waals surface area (Å²) in [7, 11) is 1.31. The normalized spacial score (nSPS) is 10.8. The van der Waals surface area contributed by atoms with Crippen LogP contribution in [-0.4, -0.2) is 55.2 Å². The number of hydrogen-bond donors (Lipinski definition) is 2. The molecule has 202 valence electrons. The monoisotopic (exact) mass is 543 g/mol. The molecule has 0 aromatic heterocycles. The first-order chi connectivity index (χ1) is 18.1. The molecule has 0 radical (unpaired) electrons. The van der Waals surface area contributed by atoms with E-state index in [0.717, 1.165) is 4.31 Å². The van der Waals surface area contributed by atoms with Gasteiger partial charge in [0.1, 0.15) is 18.0 Å². The Balaban J connectivity index is 2.06. The van der Waals surface area contributed by atoms with Crippen LogP contribution < -0.4 is 33.9 Å². The van der Waals surface area contributed by atoms with Gasteiger partial charge in [-0.1, -0.05) is 6.07 Å². The van der Waals surface area contributed by atoms with Gasteiger partial charge in [0.2, 0.25) is 11.8 Å². The molecule has 0 fully saturated rings. The average molecular weight is 544 g/mol. The number of benzene rings is 3. The molecule has 2 amide bonds. The van der Waals surface area contributed by atoms with Crippen LogP contribution in [0, 0.1) is 0 Å². The topological polar surface area (TPSA) is 132 Å². The number of methoxy groups -OCH3 is 4. The predicted molar refractivity (Wildman–Crippen MR) is 143 cm³/mol. The molecule has 0 atom stereocenters. The number of sulfonamides is 1. The Bertz CT molecular complexity index is 1430. The van der Waals surface area contributed by atoms with E-state index in [2.05, 4.69) is 10.6 Å². The molecule has 0 bridgehead atoms. The maximum atomic E-state index is 13.9. The zero-order valence-corrected chi connectivity index (χ0v) is 22.4. The molecule has 3 aromatic rings. The summed E-state index contributed by atoms with van der Waals surface area (Å²) < 4.78 is 50.0. The van der Waals surface area contributed by atoms with Crippen molar-refractivity contribution in [2.24, 2.45) is 0 Å². The van der Waals surface area contributed by atoms with E-state index < -0.39 is 22.5 Å². The van der Waals surface area contributed by atoms with Gasteiger partial charge >= 0.3 is 0 Å². The first-order valence-electron chi connectivity index (χ1n) is 11.3. The van der Waals surface area contributed by atoms with E-state index in [-0.39, 0.29) is 28.0 Å². The summed E-state index contributed by atoms with van der Waals surface area (Å²) in [5.74, 6) is 0.191. The van der Waals surface area contributed by atoms with Crippen LogP contribution in [0.15, 0.2) is 65.6 Å². The second-order valence-electron chi connectivity index (χ2n) is 7.88. The lowest BCUT2D eigenvalue weighted by atomic mass is 10.2. The van der Waals surface area contributed by atoms with Crippen molar-refractivity contribution in [3.8, 4) is 23.0 Å². The number of ether oxygens (including phenoxy) is 4. The molecule has 3 aromatic carbocycles. The average Bonchev–Trinajstić information content (AvgIpc) is 2.90. The smallest absolute Gasteiger partial charge is 0.265 e. The largest absolute Gasteiger partial charge is 0.497 e. The summed E-state index contributed by atoms with van der Waals surface area (Å²) in [6.45, 7) is 0.758. The molecule has 11 nitrogen and oxygen atoms in total. The maximum absolute atomic E-state index is 13.9. The number of rotatable bonds is 11. The van der Waals surface area contributed by atoms with Crippen molar-refractivity contribution in [3.63, 3.8) is 0 Å². The highest BCUT2D eigenvalue weighted by molar-refractivity contribution is 7.92. The molecule has 0 aliphatic heterocycles. The van der Waals surface area contributed by atoms with Gasteiger partial charge in [-0.15, -0.1) is 0 Å². The molecule has 0 aliphatic rings. The molecule has 0 spiro atoms. The van der Waals surface area contributed by atoms with E-state index >= 15 is 0 Å². The van der Waals surface area contributed by atoms with Crippen molar-refractivity contribution in [1.29, 1.82) is 0 Å². The number of nitrogens with one attached hydrogen (secondary N) is 2. The van der Waals surface area contributed by atoms with Gasteiger partial charge in [-0.3, -0.25) is 13.9 Å². The Hall–Kier alpha value is -4.45. The lowest BCUT2D eigenvalue weighted by Crippen LogP contribution is -2.38. The summed E-state index contributed by atoms with van der Waals surface area (Å²) >= 11 is 0. The Morgan fingerprint density at radius 3 is 2.00 bits per heavy atom. The van der Waals surface area contributed by atoms with E-state index in [1.165, 1.54) is 59.6 Å². The molecular weight excluding hydrogens is 514 g/mol. The number of amides is 2. The zero-order valence-electron chi connectivity index (χ0n) is 21.6. The highest BCUT2D eigenvalue weighted by atomic mass is 32.2. The molecule has 0 heterocycles. The van der Waals surface area contributed by atoms with Gasteiger partial charge in [-0.25, -0.2) is 8.42 Å². The quantitative estimate of drug-likeness (QED) is 0.376. The Kier molecular flexibility index (Phi) is 9.02. The number of nitrogens with zero attached hydrogens (tertiary/aromatic N) is 1. The lowest BCUT2D eigenvalue weighted by Gasteiger charge is -2.26. The van der Waals surface area contributed by atoms with Crippen LogP contribution >= 0.6 is 0 Å². The number of anilines is 3. The highest BCUT2D eigenvalue weighted by Gasteiger charge is 2.31. The minimum Gasteiger partial charge on any atom is -0.497 e. The summed E-state index contributed by atoms with van der Waals surface area (Å²) in [5.41, 5.74) is 0.922. The van der Waals surface area contributed by atoms with Gasteiger partial charge in [0, 0.05) is 30.4 Å². The summed E-state index contributed by atoms with van der Waals surface area (Å²) in [6.07, 6.45) is 0. The van der Waals surface area contributed by atoms with Crippen LogP contribution in [0.5, 0.6) is 23.0 Å². The Morgan fingerprint density at radius 2 is 1.39 bits per heavy atom. The Morgan fingerprint density at radius 1 is 0.763 bits per heavy atom. The van der Waals surface area contributed by atoms with Crippen LogP contribution in [0.25, 0.3) is 0 Å². The Labute approximate surface area is 221 Å². The molecular formula is C26H29N3O8S. The van der Waals surface area contributed by atoms with Crippen LogP contribution in [0.1, 0.15) is 6.92 Å². The van der Waals surface area contributed by atoms with Gasteiger partial charge in [0.25, 0.3) is 10.0 Å². The van der Waals surface area contributed by atoms with Crippen molar-refractivity contribution < 1.29 is 37.0 Å². The third kappa shape index (κ3) is 6.45. The lowest BCUT2D eigenvalue weighted by molar-refractivity contribution is -0.115. The van der Waals surface area contributed by atoms with Gasteiger partial charge in [0.05, 0.1) is 39.0 Å². The summed E-state index contributed by atoms with van der Waals surface area (Å²) in [6, 6.07) is 15.2. The zero-order chi connectivity index (χ0) is 27.9. The minimum atomic E-state index is -4.34. The second kappa shape index (κ2) is 12.2. The molecule has 3 rings (SSSR count). The highest BCUT2D eigenvalue weighted by Crippen LogP contribution is 2.37. The minimum absolute atomic E-state index is 0.0868. The number of carbonyl (C=O) groups excluding carboxylic acids is 2. The van der Waals surface area contributed by atoms with Crippen LogP contribution in [0.4, 0.5) is 17.1 Å². The standard InChI is InChI=1S/C26H29N3O8S/c1-17(30)27-18-7-6-8-19(13-18)28-26(31)16-29(22-14-20(34-2)9-11-23(22)35-3)38(32,33)21-10-12-24(36-4)25(15-21)37-5/h6-15H,16H2,1-5H3,(H,27,30)(H,28,31). The summed E-state index contributed by atoms with van der Waals surface area (Å²) in [5, 5.41) is 5.30. The van der Waals surface area contributed by atoms with Gasteiger partial charge in [0.15, 0.2) is 11.5 Å².